The van der Waals surface area contributed by atoms with E-state index < -0.39 is 34.3 Å². The number of methoxy groups -OCH3 is 1. The van der Waals surface area contributed by atoms with Crippen molar-refractivity contribution < 1.29 is 31.9 Å². The molecule has 0 aliphatic heterocycles. The third-order valence-corrected chi connectivity index (χ3v) is 9.51. The zero-order valence-electron chi connectivity index (χ0n) is 25.4. The van der Waals surface area contributed by atoms with E-state index in [1.807, 2.05) is 13.0 Å². The van der Waals surface area contributed by atoms with Gasteiger partial charge in [0.15, 0.2) is 0 Å². The highest BCUT2D eigenvalue weighted by atomic mass is 32.2. The summed E-state index contributed by atoms with van der Waals surface area (Å²) in [4.78, 5) is 28.8. The normalized spacial score (nSPS) is 14.4. The summed E-state index contributed by atoms with van der Waals surface area (Å²) in [6.45, 7) is 3.35. The number of carbonyl (C=O) groups excluding carboxylic acids is 2. The van der Waals surface area contributed by atoms with Gasteiger partial charge in [0.2, 0.25) is 11.8 Å². The highest BCUT2D eigenvalue weighted by molar-refractivity contribution is 7.92. The number of nitrogens with one attached hydrogen (secondary N) is 1. The number of amides is 2. The van der Waals surface area contributed by atoms with Crippen LogP contribution in [0.15, 0.2) is 77.7 Å². The Morgan fingerprint density at radius 1 is 0.977 bits per heavy atom. The monoisotopic (exact) mass is 625 g/mol. The molecule has 1 N–H and O–H groups in total. The van der Waals surface area contributed by atoms with Gasteiger partial charge in [-0.25, -0.2) is 12.8 Å². The number of halogens is 1. The second-order valence-electron chi connectivity index (χ2n) is 10.8. The van der Waals surface area contributed by atoms with Crippen LogP contribution in [0.5, 0.6) is 11.5 Å². The van der Waals surface area contributed by atoms with Gasteiger partial charge >= 0.3 is 0 Å². The Labute approximate surface area is 259 Å². The molecule has 3 aromatic rings. The molecule has 1 unspecified atom stereocenters. The number of hydrogen-bond acceptors (Lipinski definition) is 6. The van der Waals surface area contributed by atoms with Gasteiger partial charge in [0.1, 0.15) is 29.9 Å². The SMILES string of the molecule is CCOc1ccc(N(CC(=O)N(Cc2cccc(OC)c2)C(C)C(=O)NC2CCCCC2)S(=O)(=O)c2ccc(F)cc2)cc1. The predicted molar refractivity (Wildman–Crippen MR) is 167 cm³/mol. The number of nitrogens with zero attached hydrogens (tertiary/aromatic N) is 2. The van der Waals surface area contributed by atoms with Crippen molar-refractivity contribution in [3.05, 3.63) is 84.2 Å². The molecule has 0 radical (unpaired) electrons. The third kappa shape index (κ3) is 8.28. The Bertz CT molecular complexity index is 1510. The molecule has 1 aliphatic carbocycles. The van der Waals surface area contributed by atoms with E-state index in [4.69, 9.17) is 9.47 Å². The lowest BCUT2D eigenvalue weighted by molar-refractivity contribution is -0.139. The number of benzene rings is 3. The Hall–Kier alpha value is -4.12. The van der Waals surface area contributed by atoms with Crippen LogP contribution in [0.25, 0.3) is 0 Å². The summed E-state index contributed by atoms with van der Waals surface area (Å²) < 4.78 is 53.4. The van der Waals surface area contributed by atoms with Gasteiger partial charge in [-0.15, -0.1) is 0 Å². The summed E-state index contributed by atoms with van der Waals surface area (Å²) in [6, 6.07) is 17.0. The number of rotatable bonds is 13. The van der Waals surface area contributed by atoms with Crippen molar-refractivity contribution >= 4 is 27.5 Å². The summed E-state index contributed by atoms with van der Waals surface area (Å²) >= 11 is 0. The van der Waals surface area contributed by atoms with Crippen LogP contribution in [0.1, 0.15) is 51.5 Å². The Morgan fingerprint density at radius 3 is 2.30 bits per heavy atom. The molecule has 3 aromatic carbocycles. The average molecular weight is 626 g/mol. The molecular weight excluding hydrogens is 585 g/mol. The lowest BCUT2D eigenvalue weighted by Gasteiger charge is -2.33. The van der Waals surface area contributed by atoms with Crippen molar-refractivity contribution in [2.24, 2.45) is 0 Å². The van der Waals surface area contributed by atoms with Gasteiger partial charge in [0.25, 0.3) is 10.0 Å². The quantitative estimate of drug-likeness (QED) is 0.277. The molecule has 4 rings (SSSR count). The Balaban J connectivity index is 1.69. The van der Waals surface area contributed by atoms with Gasteiger partial charge in [-0.1, -0.05) is 31.4 Å². The van der Waals surface area contributed by atoms with Crippen molar-refractivity contribution in [3.63, 3.8) is 0 Å². The van der Waals surface area contributed by atoms with Crippen molar-refractivity contribution in [1.82, 2.24) is 10.2 Å². The van der Waals surface area contributed by atoms with E-state index in [2.05, 4.69) is 5.32 Å². The topological polar surface area (TPSA) is 105 Å². The molecule has 9 nitrogen and oxygen atoms in total. The smallest absolute Gasteiger partial charge is 0.264 e. The maximum absolute atomic E-state index is 14.1. The van der Waals surface area contributed by atoms with E-state index in [0.717, 1.165) is 60.7 Å². The van der Waals surface area contributed by atoms with Crippen LogP contribution in [-0.2, 0) is 26.2 Å². The predicted octanol–water partition coefficient (Wildman–Crippen LogP) is 5.29. The van der Waals surface area contributed by atoms with Gasteiger partial charge in [0.05, 0.1) is 24.3 Å². The fraction of sp³-hybridized carbons (Fsp3) is 0.394. The van der Waals surface area contributed by atoms with E-state index in [9.17, 15) is 22.4 Å². The minimum Gasteiger partial charge on any atom is -0.497 e. The zero-order chi connectivity index (χ0) is 31.7. The molecule has 44 heavy (non-hydrogen) atoms. The molecule has 1 aliphatic rings. The third-order valence-electron chi connectivity index (χ3n) is 7.72. The standard InChI is InChI=1S/C33H40FN3O6S/c1-4-43-29-17-15-28(16-18-29)37(44(40,41)31-19-13-26(34)14-20-31)23-32(38)36(22-25-9-8-12-30(21-25)42-3)24(2)33(39)35-27-10-6-5-7-11-27/h8-9,12-21,24,27H,4-7,10-11,22-23H2,1-3H3,(H,35,39). The van der Waals surface area contributed by atoms with Gasteiger partial charge in [-0.3, -0.25) is 13.9 Å². The van der Waals surface area contributed by atoms with Crippen LogP contribution < -0.4 is 19.1 Å². The van der Waals surface area contributed by atoms with Crippen molar-refractivity contribution in [2.45, 2.75) is 69.5 Å². The largest absolute Gasteiger partial charge is 0.497 e. The van der Waals surface area contributed by atoms with Crippen molar-refractivity contribution in [2.75, 3.05) is 24.6 Å². The molecule has 0 aromatic heterocycles. The van der Waals surface area contributed by atoms with Gasteiger partial charge < -0.3 is 19.7 Å². The van der Waals surface area contributed by atoms with E-state index >= 15 is 0 Å². The van der Waals surface area contributed by atoms with Crippen LogP contribution in [0, 0.1) is 5.82 Å². The summed E-state index contributed by atoms with van der Waals surface area (Å²) in [6.07, 6.45) is 4.95. The molecule has 0 heterocycles. The van der Waals surface area contributed by atoms with Gasteiger partial charge in [-0.05, 0) is 92.9 Å². The molecule has 1 fully saturated rings. The molecule has 0 saturated heterocycles. The number of sulfonamides is 1. The summed E-state index contributed by atoms with van der Waals surface area (Å²) in [5, 5.41) is 3.09. The molecule has 1 atom stereocenters. The fourth-order valence-corrected chi connectivity index (χ4v) is 6.67. The minimum atomic E-state index is -4.32. The molecule has 11 heteroatoms. The van der Waals surface area contributed by atoms with Crippen LogP contribution >= 0.6 is 0 Å². The van der Waals surface area contributed by atoms with Crippen LogP contribution in [0.3, 0.4) is 0 Å². The minimum absolute atomic E-state index is 0.0340. The lowest BCUT2D eigenvalue weighted by atomic mass is 9.95. The molecule has 0 spiro atoms. The van der Waals surface area contributed by atoms with Crippen molar-refractivity contribution in [3.8, 4) is 11.5 Å². The molecule has 236 valence electrons. The first-order chi connectivity index (χ1) is 21.1. The molecule has 2 amide bonds. The molecule has 0 bridgehead atoms. The van der Waals surface area contributed by atoms with E-state index in [0.29, 0.717) is 23.7 Å². The molecular formula is C33H40FN3O6S. The Kier molecular flexibility index (Phi) is 11.2. The number of ether oxygens (including phenoxy) is 2. The van der Waals surface area contributed by atoms with E-state index in [-0.39, 0.29) is 29.1 Å². The van der Waals surface area contributed by atoms with E-state index in [1.54, 1.807) is 49.4 Å². The van der Waals surface area contributed by atoms with Crippen LogP contribution in [-0.4, -0.2) is 57.5 Å². The van der Waals surface area contributed by atoms with Gasteiger partial charge in [-0.2, -0.15) is 0 Å². The summed E-state index contributed by atoms with van der Waals surface area (Å²) in [5.41, 5.74) is 0.927. The lowest BCUT2D eigenvalue weighted by Crippen LogP contribution is -2.53. The zero-order valence-corrected chi connectivity index (χ0v) is 26.2. The molecule has 1 saturated carbocycles. The summed E-state index contributed by atoms with van der Waals surface area (Å²) in [7, 11) is -2.78. The second-order valence-corrected chi connectivity index (χ2v) is 12.6. The highest BCUT2D eigenvalue weighted by Crippen LogP contribution is 2.27. The van der Waals surface area contributed by atoms with Gasteiger partial charge in [0, 0.05) is 12.6 Å². The van der Waals surface area contributed by atoms with Crippen molar-refractivity contribution in [1.29, 1.82) is 0 Å². The first-order valence-electron chi connectivity index (χ1n) is 14.9. The van der Waals surface area contributed by atoms with E-state index in [1.165, 1.54) is 12.0 Å². The fourth-order valence-electron chi connectivity index (χ4n) is 5.26. The van der Waals surface area contributed by atoms with Crippen LogP contribution in [0.2, 0.25) is 0 Å². The number of carbonyl (C=O) groups is 2. The number of hydrogen-bond donors (Lipinski definition) is 1. The van der Waals surface area contributed by atoms with Crippen LogP contribution in [0.4, 0.5) is 10.1 Å². The second kappa shape index (κ2) is 15.1. The highest BCUT2D eigenvalue weighted by Gasteiger charge is 2.33. The first-order valence-corrected chi connectivity index (χ1v) is 16.3. The number of anilines is 1. The maximum Gasteiger partial charge on any atom is 0.264 e. The Morgan fingerprint density at radius 2 is 1.66 bits per heavy atom. The maximum atomic E-state index is 14.1. The first kappa shape index (κ1) is 32.8. The summed E-state index contributed by atoms with van der Waals surface area (Å²) in [5.74, 6) is -0.353. The average Bonchev–Trinajstić information content (AvgIpc) is 3.03.